The van der Waals surface area contributed by atoms with Crippen molar-refractivity contribution in [2.75, 3.05) is 6.79 Å². The van der Waals surface area contributed by atoms with E-state index in [1.807, 2.05) is 36.4 Å². The second-order valence-electron chi connectivity index (χ2n) is 7.92. The maximum atomic E-state index is 13.4. The Kier molecular flexibility index (Phi) is 4.38. The van der Waals surface area contributed by atoms with E-state index >= 15 is 0 Å². The molecule has 1 aliphatic rings. The van der Waals surface area contributed by atoms with Gasteiger partial charge in [0.25, 0.3) is 5.56 Å². The van der Waals surface area contributed by atoms with Gasteiger partial charge in [-0.2, -0.15) is 13.2 Å². The molecule has 168 valence electrons. The van der Waals surface area contributed by atoms with Gasteiger partial charge in [-0.15, -0.1) is 0 Å². The molecule has 0 radical (unpaired) electrons. The third-order valence-electron chi connectivity index (χ3n) is 5.85. The van der Waals surface area contributed by atoms with E-state index in [0.29, 0.717) is 33.3 Å². The number of benzene rings is 3. The standard InChI is InChI=1S/C26H15F3N2O3/c27-26(28,29)18-2-1-3-19(12-18)31-24(32)9-6-17-13-30-21-7-4-15(10-20(21)25(17)31)16-5-8-22-23(11-16)34-14-33-22/h1-13H,14H2. The third-order valence-corrected chi connectivity index (χ3v) is 5.85. The van der Waals surface area contributed by atoms with Crippen molar-refractivity contribution in [1.29, 1.82) is 0 Å². The Balaban J connectivity index is 1.63. The van der Waals surface area contributed by atoms with Crippen molar-refractivity contribution in [3.63, 3.8) is 0 Å². The number of hydrogen-bond donors (Lipinski definition) is 0. The van der Waals surface area contributed by atoms with Gasteiger partial charge in [0.1, 0.15) is 0 Å². The smallest absolute Gasteiger partial charge is 0.416 e. The van der Waals surface area contributed by atoms with E-state index in [-0.39, 0.29) is 12.5 Å². The van der Waals surface area contributed by atoms with Gasteiger partial charge >= 0.3 is 6.18 Å². The molecule has 0 fully saturated rings. The lowest BCUT2D eigenvalue weighted by Crippen LogP contribution is -2.18. The fourth-order valence-electron chi connectivity index (χ4n) is 4.24. The molecule has 5 aromatic rings. The van der Waals surface area contributed by atoms with Crippen molar-refractivity contribution in [1.82, 2.24) is 9.55 Å². The van der Waals surface area contributed by atoms with Crippen molar-refractivity contribution in [3.8, 4) is 28.3 Å². The molecule has 5 nitrogen and oxygen atoms in total. The minimum atomic E-state index is -4.53. The first-order valence-corrected chi connectivity index (χ1v) is 10.4. The Morgan fingerprint density at radius 3 is 2.50 bits per heavy atom. The number of rotatable bonds is 2. The topological polar surface area (TPSA) is 53.4 Å². The minimum absolute atomic E-state index is 0.131. The zero-order valence-corrected chi connectivity index (χ0v) is 17.5. The highest BCUT2D eigenvalue weighted by Gasteiger charge is 2.30. The van der Waals surface area contributed by atoms with E-state index in [2.05, 4.69) is 4.98 Å². The number of alkyl halides is 3. The summed E-state index contributed by atoms with van der Waals surface area (Å²) >= 11 is 0. The van der Waals surface area contributed by atoms with Crippen LogP contribution in [0.2, 0.25) is 0 Å². The van der Waals surface area contributed by atoms with Crippen LogP contribution in [0.5, 0.6) is 11.5 Å². The molecular formula is C26H15F3N2O3. The van der Waals surface area contributed by atoms with Gasteiger partial charge < -0.3 is 9.47 Å². The average Bonchev–Trinajstić information content (AvgIpc) is 3.31. The van der Waals surface area contributed by atoms with E-state index in [4.69, 9.17) is 9.47 Å². The minimum Gasteiger partial charge on any atom is -0.454 e. The van der Waals surface area contributed by atoms with Gasteiger partial charge in [0, 0.05) is 28.7 Å². The number of ether oxygens (including phenoxy) is 2. The Hall–Kier alpha value is -4.33. The van der Waals surface area contributed by atoms with Crippen LogP contribution in [0, 0.1) is 0 Å². The summed E-state index contributed by atoms with van der Waals surface area (Å²) in [6.07, 6.45) is -2.91. The van der Waals surface area contributed by atoms with Crippen LogP contribution in [0.25, 0.3) is 38.6 Å². The number of hydrogen-bond acceptors (Lipinski definition) is 4. The Bertz CT molecular complexity index is 1660. The second kappa shape index (κ2) is 7.34. The number of fused-ring (bicyclic) bond motifs is 4. The van der Waals surface area contributed by atoms with Crippen molar-refractivity contribution in [2.24, 2.45) is 0 Å². The molecule has 0 aliphatic carbocycles. The summed E-state index contributed by atoms with van der Waals surface area (Å²) in [7, 11) is 0. The van der Waals surface area contributed by atoms with Crippen molar-refractivity contribution < 1.29 is 22.6 Å². The summed E-state index contributed by atoms with van der Waals surface area (Å²) < 4.78 is 52.3. The van der Waals surface area contributed by atoms with E-state index in [1.165, 1.54) is 22.8 Å². The summed E-state index contributed by atoms with van der Waals surface area (Å²) in [4.78, 5) is 17.4. The quantitative estimate of drug-likeness (QED) is 0.306. The lowest BCUT2D eigenvalue weighted by atomic mass is 10.0. The molecule has 8 heteroatoms. The Labute approximate surface area is 190 Å². The molecule has 0 unspecified atom stereocenters. The van der Waals surface area contributed by atoms with Crippen molar-refractivity contribution >= 4 is 21.8 Å². The van der Waals surface area contributed by atoms with Crippen LogP contribution in [0.1, 0.15) is 5.56 Å². The summed E-state index contributed by atoms with van der Waals surface area (Å²) in [6.45, 7) is 0.161. The third kappa shape index (κ3) is 3.26. The molecule has 1 aliphatic heterocycles. The largest absolute Gasteiger partial charge is 0.454 e. The monoisotopic (exact) mass is 460 g/mol. The van der Waals surface area contributed by atoms with Crippen LogP contribution in [-0.2, 0) is 6.18 Å². The molecule has 0 amide bonds. The van der Waals surface area contributed by atoms with Gasteiger partial charge in [0.15, 0.2) is 11.5 Å². The fraction of sp³-hybridized carbons (Fsp3) is 0.0769. The number of nitrogens with zero attached hydrogens (tertiary/aromatic N) is 2. The van der Waals surface area contributed by atoms with Gasteiger partial charge in [-0.3, -0.25) is 14.3 Å². The maximum Gasteiger partial charge on any atom is 0.416 e. The normalized spacial score (nSPS) is 13.0. The van der Waals surface area contributed by atoms with Crippen LogP contribution in [-0.4, -0.2) is 16.3 Å². The van der Waals surface area contributed by atoms with Crippen LogP contribution in [0.15, 0.2) is 83.8 Å². The highest BCUT2D eigenvalue weighted by atomic mass is 19.4. The molecule has 0 bridgehead atoms. The first kappa shape index (κ1) is 20.3. The SMILES string of the molecule is O=c1ccc2cnc3ccc(-c4ccc5c(c4)OCO5)cc3c2n1-c1cccc(C(F)(F)F)c1. The number of aromatic nitrogens is 2. The molecule has 6 rings (SSSR count). The van der Waals surface area contributed by atoms with Crippen LogP contribution < -0.4 is 15.0 Å². The molecule has 0 atom stereocenters. The summed E-state index contributed by atoms with van der Waals surface area (Å²) in [5.74, 6) is 1.30. The van der Waals surface area contributed by atoms with Gasteiger partial charge in [0.2, 0.25) is 6.79 Å². The second-order valence-corrected chi connectivity index (χ2v) is 7.92. The first-order valence-electron chi connectivity index (χ1n) is 10.4. The first-order chi connectivity index (χ1) is 16.4. The predicted molar refractivity (Wildman–Crippen MR) is 121 cm³/mol. The van der Waals surface area contributed by atoms with Gasteiger partial charge in [-0.05, 0) is 59.7 Å². The lowest BCUT2D eigenvalue weighted by Gasteiger charge is -2.15. The molecular weight excluding hydrogens is 445 g/mol. The number of pyridine rings is 2. The molecule has 0 saturated carbocycles. The maximum absolute atomic E-state index is 13.4. The molecule has 2 aromatic heterocycles. The van der Waals surface area contributed by atoms with Crippen LogP contribution in [0.3, 0.4) is 0 Å². The van der Waals surface area contributed by atoms with Crippen molar-refractivity contribution in [3.05, 3.63) is 94.9 Å². The number of halogens is 3. The van der Waals surface area contributed by atoms with Crippen LogP contribution in [0.4, 0.5) is 13.2 Å². The van der Waals surface area contributed by atoms with Gasteiger partial charge in [0.05, 0.1) is 16.6 Å². The van der Waals surface area contributed by atoms with E-state index < -0.39 is 17.3 Å². The van der Waals surface area contributed by atoms with Gasteiger partial charge in [-0.25, -0.2) is 0 Å². The highest BCUT2D eigenvalue weighted by molar-refractivity contribution is 6.05. The van der Waals surface area contributed by atoms with Crippen LogP contribution >= 0.6 is 0 Å². The van der Waals surface area contributed by atoms with E-state index in [0.717, 1.165) is 23.3 Å². The predicted octanol–water partition coefficient (Wildman–Crippen LogP) is 5.95. The van der Waals surface area contributed by atoms with E-state index in [1.54, 1.807) is 12.3 Å². The zero-order chi connectivity index (χ0) is 23.4. The van der Waals surface area contributed by atoms with Gasteiger partial charge in [-0.1, -0.05) is 18.2 Å². The highest BCUT2D eigenvalue weighted by Crippen LogP contribution is 2.37. The molecule has 0 saturated heterocycles. The average molecular weight is 460 g/mol. The van der Waals surface area contributed by atoms with E-state index in [9.17, 15) is 18.0 Å². The molecule has 3 heterocycles. The Morgan fingerprint density at radius 2 is 1.65 bits per heavy atom. The molecule has 3 aromatic carbocycles. The lowest BCUT2D eigenvalue weighted by molar-refractivity contribution is -0.137. The summed E-state index contributed by atoms with van der Waals surface area (Å²) in [5.41, 5.74) is 1.68. The summed E-state index contributed by atoms with van der Waals surface area (Å²) in [5, 5.41) is 1.27. The Morgan fingerprint density at radius 1 is 0.853 bits per heavy atom. The molecule has 34 heavy (non-hydrogen) atoms. The molecule has 0 N–H and O–H groups in total. The zero-order valence-electron chi connectivity index (χ0n) is 17.5. The summed E-state index contributed by atoms with van der Waals surface area (Å²) in [6, 6.07) is 18.9. The molecule has 0 spiro atoms. The van der Waals surface area contributed by atoms with Crippen molar-refractivity contribution in [2.45, 2.75) is 6.18 Å². The fourth-order valence-corrected chi connectivity index (χ4v) is 4.24.